The van der Waals surface area contributed by atoms with Crippen LogP contribution in [0, 0.1) is 0 Å². The number of anilines is 1. The fourth-order valence-corrected chi connectivity index (χ4v) is 4.15. The van der Waals surface area contributed by atoms with Crippen LogP contribution < -0.4 is 4.90 Å². The maximum absolute atomic E-state index is 12.7. The first-order valence-electron chi connectivity index (χ1n) is 8.30. The summed E-state index contributed by atoms with van der Waals surface area (Å²) in [7, 11) is 0. The molecule has 0 bridgehead atoms. The van der Waals surface area contributed by atoms with E-state index in [1.165, 1.54) is 0 Å². The van der Waals surface area contributed by atoms with Crippen molar-refractivity contribution in [2.75, 3.05) is 31.1 Å². The molecule has 0 unspecified atom stereocenters. The molecule has 0 saturated carbocycles. The molecule has 5 rings (SSSR count). The highest BCUT2D eigenvalue weighted by Crippen LogP contribution is 2.31. The van der Waals surface area contributed by atoms with Crippen molar-refractivity contribution in [3.05, 3.63) is 46.4 Å². The highest BCUT2D eigenvalue weighted by atomic mass is 35.5. The van der Waals surface area contributed by atoms with Gasteiger partial charge in [-0.2, -0.15) is 13.7 Å². The van der Waals surface area contributed by atoms with Gasteiger partial charge in [-0.25, -0.2) is 0 Å². The summed E-state index contributed by atoms with van der Waals surface area (Å²) in [5, 5.41) is -0.0875. The van der Waals surface area contributed by atoms with Gasteiger partial charge < -0.3 is 14.2 Å². The average molecular weight is 402 g/mol. The Labute approximate surface area is 162 Å². The van der Waals surface area contributed by atoms with Crippen LogP contribution in [0.1, 0.15) is 21.0 Å². The summed E-state index contributed by atoms with van der Waals surface area (Å²) in [6, 6.07) is 8.13. The van der Waals surface area contributed by atoms with E-state index < -0.39 is 5.78 Å². The van der Waals surface area contributed by atoms with Crippen molar-refractivity contribution in [1.82, 2.24) is 18.6 Å². The van der Waals surface area contributed by atoms with Gasteiger partial charge in [-0.1, -0.05) is 23.7 Å². The van der Waals surface area contributed by atoms with Crippen LogP contribution in [0.15, 0.2) is 39.4 Å². The molecule has 1 saturated heterocycles. The van der Waals surface area contributed by atoms with Gasteiger partial charge in [0.05, 0.1) is 11.7 Å². The average Bonchev–Trinajstić information content (AvgIpc) is 3.34. The number of carbonyl (C=O) groups is 2. The summed E-state index contributed by atoms with van der Waals surface area (Å²) in [5.74, 6) is -0.796. The molecule has 3 heterocycles. The van der Waals surface area contributed by atoms with Gasteiger partial charge in [-0.05, 0) is 12.1 Å². The Hall–Kier alpha value is -2.78. The first kappa shape index (κ1) is 16.4. The van der Waals surface area contributed by atoms with Crippen LogP contribution in [0.2, 0.25) is 0 Å². The number of para-hydroxylation sites is 2. The molecular formula is C17H12ClN5O3S. The van der Waals surface area contributed by atoms with Crippen LogP contribution in [-0.4, -0.2) is 56.4 Å². The zero-order valence-electron chi connectivity index (χ0n) is 13.9. The Balaban J connectivity index is 1.38. The van der Waals surface area contributed by atoms with Crippen molar-refractivity contribution >= 4 is 52.0 Å². The van der Waals surface area contributed by atoms with Crippen molar-refractivity contribution in [2.24, 2.45) is 0 Å². The smallest absolute Gasteiger partial charge is 0.298 e. The van der Waals surface area contributed by atoms with Crippen LogP contribution in [0.5, 0.6) is 0 Å². The summed E-state index contributed by atoms with van der Waals surface area (Å²) in [5.41, 5.74) is 1.88. The molecule has 136 valence electrons. The quantitative estimate of drug-likeness (QED) is 0.646. The second-order valence-corrected chi connectivity index (χ2v) is 7.13. The number of fused-ring (bicyclic) bond motifs is 2. The first-order chi connectivity index (χ1) is 13.1. The second-order valence-electron chi connectivity index (χ2n) is 6.22. The number of rotatable bonds is 2. The number of halogens is 1. The van der Waals surface area contributed by atoms with E-state index in [4.69, 9.17) is 16.0 Å². The maximum atomic E-state index is 12.7. The highest BCUT2D eigenvalue weighted by Gasteiger charge is 2.38. The molecule has 1 fully saturated rings. The SMILES string of the molecule is O=C1C(Cl)=C(N2CCN(c3nc4ccccc4o3)CC2)C(=O)c2nsnc21. The molecular weight excluding hydrogens is 390 g/mol. The summed E-state index contributed by atoms with van der Waals surface area (Å²) < 4.78 is 13.6. The summed E-state index contributed by atoms with van der Waals surface area (Å²) in [6.45, 7) is 2.20. The Kier molecular flexibility index (Phi) is 3.73. The van der Waals surface area contributed by atoms with Crippen LogP contribution in [0.25, 0.3) is 11.1 Å². The molecule has 0 atom stereocenters. The van der Waals surface area contributed by atoms with Gasteiger partial charge in [-0.15, -0.1) is 0 Å². The monoisotopic (exact) mass is 401 g/mol. The topological polar surface area (TPSA) is 92.4 Å². The van der Waals surface area contributed by atoms with Crippen molar-refractivity contribution in [3.8, 4) is 0 Å². The Bertz CT molecular complexity index is 1080. The van der Waals surface area contributed by atoms with Gasteiger partial charge in [0.25, 0.3) is 6.01 Å². The third kappa shape index (κ3) is 2.54. The van der Waals surface area contributed by atoms with Crippen LogP contribution >= 0.6 is 23.3 Å². The number of piperazine rings is 1. The standard InChI is InChI=1S/C17H12ClN5O3S/c18-11-14(16(25)13-12(15(11)24)20-27-21-13)22-5-7-23(8-6-22)17-19-9-3-1-2-4-10(9)26-17/h1-4H,5-8H2. The van der Waals surface area contributed by atoms with Crippen LogP contribution in [0.4, 0.5) is 6.01 Å². The predicted molar refractivity (Wildman–Crippen MR) is 99.2 cm³/mol. The van der Waals surface area contributed by atoms with Gasteiger partial charge in [0, 0.05) is 26.2 Å². The molecule has 0 amide bonds. The first-order valence-corrected chi connectivity index (χ1v) is 9.41. The van der Waals surface area contributed by atoms with Crippen molar-refractivity contribution < 1.29 is 14.0 Å². The predicted octanol–water partition coefficient (Wildman–Crippen LogP) is 2.33. The van der Waals surface area contributed by atoms with Gasteiger partial charge >= 0.3 is 0 Å². The van der Waals surface area contributed by atoms with Crippen molar-refractivity contribution in [3.63, 3.8) is 0 Å². The van der Waals surface area contributed by atoms with Gasteiger partial charge in [0.15, 0.2) is 17.0 Å². The lowest BCUT2D eigenvalue weighted by Gasteiger charge is -2.36. The van der Waals surface area contributed by atoms with Gasteiger partial charge in [0.2, 0.25) is 11.6 Å². The highest BCUT2D eigenvalue weighted by molar-refractivity contribution is 6.99. The minimum absolute atomic E-state index is 0.0452. The number of hydrogen-bond acceptors (Lipinski definition) is 9. The molecule has 10 heteroatoms. The Morgan fingerprint density at radius 2 is 1.63 bits per heavy atom. The summed E-state index contributed by atoms with van der Waals surface area (Å²) in [4.78, 5) is 33.4. The van der Waals surface area contributed by atoms with Crippen LogP contribution in [0.3, 0.4) is 0 Å². The number of nitrogens with zero attached hydrogens (tertiary/aromatic N) is 5. The van der Waals surface area contributed by atoms with E-state index in [9.17, 15) is 9.59 Å². The van der Waals surface area contributed by atoms with E-state index in [0.29, 0.717) is 32.2 Å². The number of carbonyl (C=O) groups excluding carboxylic acids is 2. The number of ketones is 2. The molecule has 0 N–H and O–H groups in total. The number of benzene rings is 1. The molecule has 2 aliphatic rings. The number of oxazole rings is 1. The van der Waals surface area contributed by atoms with E-state index >= 15 is 0 Å². The minimum atomic E-state index is -0.448. The summed E-state index contributed by atoms with van der Waals surface area (Å²) >= 11 is 7.05. The largest absolute Gasteiger partial charge is 0.423 e. The van der Waals surface area contributed by atoms with Crippen LogP contribution in [-0.2, 0) is 0 Å². The second kappa shape index (κ2) is 6.14. The van der Waals surface area contributed by atoms with E-state index in [2.05, 4.69) is 13.7 Å². The molecule has 8 nitrogen and oxygen atoms in total. The van der Waals surface area contributed by atoms with Gasteiger partial charge in [0.1, 0.15) is 16.2 Å². The Morgan fingerprint density at radius 1 is 0.963 bits per heavy atom. The van der Waals surface area contributed by atoms with E-state index in [0.717, 1.165) is 22.8 Å². The molecule has 1 aliphatic carbocycles. The number of aromatic nitrogens is 3. The molecule has 1 aliphatic heterocycles. The fourth-order valence-electron chi connectivity index (χ4n) is 3.31. The molecule has 3 aromatic rings. The molecule has 2 aromatic heterocycles. The van der Waals surface area contributed by atoms with E-state index in [-0.39, 0.29) is 27.9 Å². The van der Waals surface area contributed by atoms with E-state index in [1.807, 2.05) is 34.1 Å². The Morgan fingerprint density at radius 3 is 2.37 bits per heavy atom. The molecule has 1 aromatic carbocycles. The lowest BCUT2D eigenvalue weighted by Crippen LogP contribution is -2.48. The van der Waals surface area contributed by atoms with Crippen molar-refractivity contribution in [1.29, 1.82) is 0 Å². The number of allylic oxidation sites excluding steroid dienone is 2. The lowest BCUT2D eigenvalue weighted by atomic mass is 10.0. The van der Waals surface area contributed by atoms with Gasteiger partial charge in [-0.3, -0.25) is 9.59 Å². The fraction of sp³-hybridized carbons (Fsp3) is 0.235. The minimum Gasteiger partial charge on any atom is -0.423 e. The van der Waals surface area contributed by atoms with E-state index in [1.54, 1.807) is 0 Å². The lowest BCUT2D eigenvalue weighted by molar-refractivity contribution is 0.0939. The molecule has 0 spiro atoms. The maximum Gasteiger partial charge on any atom is 0.298 e. The zero-order valence-corrected chi connectivity index (χ0v) is 15.5. The molecule has 0 radical (unpaired) electrons. The normalized spacial score (nSPS) is 17.8. The number of hydrogen-bond donors (Lipinski definition) is 0. The third-order valence-corrected chi connectivity index (χ3v) is 5.57. The third-order valence-electron chi connectivity index (χ3n) is 4.69. The zero-order chi connectivity index (χ0) is 18.5. The summed E-state index contributed by atoms with van der Waals surface area (Å²) in [6.07, 6.45) is 0. The molecule has 27 heavy (non-hydrogen) atoms. The number of Topliss-reactive ketones (excluding diaryl/α,β-unsaturated/α-hetero) is 2. The van der Waals surface area contributed by atoms with Crippen molar-refractivity contribution in [2.45, 2.75) is 0 Å².